The van der Waals surface area contributed by atoms with E-state index in [0.717, 1.165) is 12.0 Å². The molecule has 0 aliphatic heterocycles. The molecule has 166 valence electrons. The van der Waals surface area contributed by atoms with E-state index in [-0.39, 0.29) is 6.04 Å². The number of hydrogen-bond donors (Lipinski definition) is 2. The summed E-state index contributed by atoms with van der Waals surface area (Å²) in [5.74, 6) is 0.431. The predicted molar refractivity (Wildman–Crippen MR) is 136 cm³/mol. The molecule has 4 aromatic rings. The van der Waals surface area contributed by atoms with Crippen LogP contribution in [0, 0.1) is 5.92 Å². The molecule has 0 aromatic heterocycles. The third-order valence-corrected chi connectivity index (χ3v) is 6.81. The Kier molecular flexibility index (Phi) is 5.88. The Morgan fingerprint density at radius 1 is 0.667 bits per heavy atom. The first kappa shape index (κ1) is 21.6. The zero-order chi connectivity index (χ0) is 22.8. The van der Waals surface area contributed by atoms with Crippen LogP contribution in [-0.2, 0) is 5.54 Å². The van der Waals surface area contributed by atoms with Gasteiger partial charge in [-0.05, 0) is 45.7 Å². The molecular weight excluding hydrogens is 402 g/mol. The summed E-state index contributed by atoms with van der Waals surface area (Å²) in [5, 5.41) is 15.6. The minimum absolute atomic E-state index is 0.133. The van der Waals surface area contributed by atoms with Crippen LogP contribution in [0.5, 0.6) is 0 Å². The van der Waals surface area contributed by atoms with E-state index in [4.69, 9.17) is 0 Å². The molecule has 0 saturated carbocycles. The Morgan fingerprint density at radius 3 is 1.70 bits per heavy atom. The second-order valence-corrected chi connectivity index (χ2v) is 9.44. The van der Waals surface area contributed by atoms with Crippen molar-refractivity contribution in [2.75, 3.05) is 0 Å². The van der Waals surface area contributed by atoms with Crippen LogP contribution in [0.3, 0.4) is 0 Å². The maximum absolute atomic E-state index is 11.6. The van der Waals surface area contributed by atoms with Gasteiger partial charge in [0.25, 0.3) is 0 Å². The van der Waals surface area contributed by atoms with Gasteiger partial charge in [-0.1, -0.05) is 123 Å². The molecule has 0 heterocycles. The molecule has 0 fully saturated rings. The fourth-order valence-electron chi connectivity index (χ4n) is 5.41. The van der Waals surface area contributed by atoms with E-state index in [1.54, 1.807) is 0 Å². The number of aliphatic hydroxyl groups excluding tert-OH is 1. The first-order valence-electron chi connectivity index (χ1n) is 11.9. The number of fused-ring (bicyclic) bond motifs is 3. The van der Waals surface area contributed by atoms with Gasteiger partial charge in [-0.15, -0.1) is 0 Å². The molecule has 1 aliphatic carbocycles. The highest BCUT2D eigenvalue weighted by Crippen LogP contribution is 2.51. The summed E-state index contributed by atoms with van der Waals surface area (Å²) in [4.78, 5) is 0. The molecule has 2 atom stereocenters. The lowest BCUT2D eigenvalue weighted by Crippen LogP contribution is -2.51. The van der Waals surface area contributed by atoms with Gasteiger partial charge in [-0.25, -0.2) is 0 Å². The van der Waals surface area contributed by atoms with Gasteiger partial charge in [0.2, 0.25) is 0 Å². The monoisotopic (exact) mass is 433 g/mol. The summed E-state index contributed by atoms with van der Waals surface area (Å²) in [6.07, 6.45) is 0.240. The topological polar surface area (TPSA) is 32.3 Å². The number of hydrogen-bond acceptors (Lipinski definition) is 2. The average Bonchev–Trinajstić information content (AvgIpc) is 3.15. The predicted octanol–water partition coefficient (Wildman–Crippen LogP) is 6.70. The lowest BCUT2D eigenvalue weighted by Gasteiger charge is -2.40. The summed E-state index contributed by atoms with van der Waals surface area (Å²) in [5.41, 5.74) is 6.58. The van der Waals surface area contributed by atoms with Crippen molar-refractivity contribution in [2.24, 2.45) is 5.92 Å². The van der Waals surface area contributed by atoms with E-state index in [1.807, 2.05) is 30.3 Å². The van der Waals surface area contributed by atoms with Gasteiger partial charge in [0, 0.05) is 6.04 Å². The highest BCUT2D eigenvalue weighted by atomic mass is 16.3. The molecule has 4 aromatic carbocycles. The highest BCUT2D eigenvalue weighted by Gasteiger charge is 2.46. The largest absolute Gasteiger partial charge is 0.387 e. The van der Waals surface area contributed by atoms with Gasteiger partial charge in [0.1, 0.15) is 0 Å². The maximum atomic E-state index is 11.6. The summed E-state index contributed by atoms with van der Waals surface area (Å²) in [7, 11) is 0. The number of nitrogens with one attached hydrogen (secondary N) is 1. The van der Waals surface area contributed by atoms with Gasteiger partial charge in [-0.2, -0.15) is 0 Å². The molecule has 2 N–H and O–H groups in total. The van der Waals surface area contributed by atoms with Crippen molar-refractivity contribution in [2.45, 2.75) is 38.0 Å². The van der Waals surface area contributed by atoms with Crippen LogP contribution in [-0.4, -0.2) is 11.1 Å². The first-order valence-corrected chi connectivity index (χ1v) is 11.9. The van der Waals surface area contributed by atoms with E-state index >= 15 is 0 Å². The van der Waals surface area contributed by atoms with Crippen molar-refractivity contribution in [1.29, 1.82) is 0 Å². The molecule has 2 nitrogen and oxygen atoms in total. The third-order valence-electron chi connectivity index (χ3n) is 6.81. The highest BCUT2D eigenvalue weighted by molar-refractivity contribution is 5.83. The quantitative estimate of drug-likeness (QED) is 0.340. The van der Waals surface area contributed by atoms with Crippen molar-refractivity contribution in [3.63, 3.8) is 0 Å². The molecule has 33 heavy (non-hydrogen) atoms. The molecular formula is C31H31NO. The SMILES string of the molecule is CC(C)C[C@H](NC1(c2ccccc2)c2ccccc2-c2ccccc21)[C@@H](O)c1ccccc1. The fourth-order valence-corrected chi connectivity index (χ4v) is 5.41. The Hall–Kier alpha value is -3.20. The standard InChI is InChI=1S/C31H31NO/c1-22(2)21-29(30(33)23-13-5-3-6-14-23)32-31(24-15-7-4-8-16-24)27-19-11-9-17-25(27)26-18-10-12-20-28(26)31/h3-20,22,29-30,32-33H,21H2,1-2H3/t29-,30-/m0/s1. The third kappa shape index (κ3) is 3.80. The smallest absolute Gasteiger partial charge is 0.0963 e. The zero-order valence-electron chi connectivity index (χ0n) is 19.3. The van der Waals surface area contributed by atoms with E-state index in [9.17, 15) is 5.11 Å². The second-order valence-electron chi connectivity index (χ2n) is 9.44. The molecule has 5 rings (SSSR count). The Balaban J connectivity index is 1.71. The number of aliphatic hydroxyl groups is 1. The fraction of sp³-hybridized carbons (Fsp3) is 0.226. The van der Waals surface area contributed by atoms with Crippen LogP contribution in [0.15, 0.2) is 109 Å². The van der Waals surface area contributed by atoms with Crippen molar-refractivity contribution >= 4 is 0 Å². The van der Waals surface area contributed by atoms with Crippen LogP contribution in [0.4, 0.5) is 0 Å². The number of rotatable bonds is 7. The van der Waals surface area contributed by atoms with Crippen LogP contribution < -0.4 is 5.32 Å². The van der Waals surface area contributed by atoms with Gasteiger partial charge in [0.05, 0.1) is 11.6 Å². The lowest BCUT2D eigenvalue weighted by molar-refractivity contribution is 0.105. The second kappa shape index (κ2) is 8.97. The molecule has 0 bridgehead atoms. The lowest BCUT2D eigenvalue weighted by atomic mass is 9.78. The normalized spacial score (nSPS) is 15.6. The average molecular weight is 434 g/mol. The Labute approximate surface area is 196 Å². The minimum atomic E-state index is -0.617. The van der Waals surface area contributed by atoms with E-state index in [2.05, 4.69) is 98.0 Å². The maximum Gasteiger partial charge on any atom is 0.0963 e. The molecule has 2 heteroatoms. The minimum Gasteiger partial charge on any atom is -0.387 e. The van der Waals surface area contributed by atoms with Crippen LogP contribution in [0.2, 0.25) is 0 Å². The van der Waals surface area contributed by atoms with Crippen molar-refractivity contribution in [3.8, 4) is 11.1 Å². The van der Waals surface area contributed by atoms with Crippen molar-refractivity contribution < 1.29 is 5.11 Å². The van der Waals surface area contributed by atoms with Crippen molar-refractivity contribution in [3.05, 3.63) is 131 Å². The molecule has 0 amide bonds. The van der Waals surface area contributed by atoms with E-state index in [1.165, 1.54) is 27.8 Å². The van der Waals surface area contributed by atoms with Gasteiger partial charge >= 0.3 is 0 Å². The van der Waals surface area contributed by atoms with Crippen molar-refractivity contribution in [1.82, 2.24) is 5.32 Å². The molecule has 0 unspecified atom stereocenters. The van der Waals surface area contributed by atoms with Crippen LogP contribution in [0.1, 0.15) is 48.6 Å². The zero-order valence-corrected chi connectivity index (χ0v) is 19.3. The first-order chi connectivity index (χ1) is 16.1. The van der Waals surface area contributed by atoms with Crippen LogP contribution in [0.25, 0.3) is 11.1 Å². The van der Waals surface area contributed by atoms with Crippen LogP contribution >= 0.6 is 0 Å². The van der Waals surface area contributed by atoms with Gasteiger partial charge in [0.15, 0.2) is 0 Å². The van der Waals surface area contributed by atoms with Gasteiger partial charge in [-0.3, -0.25) is 5.32 Å². The van der Waals surface area contributed by atoms with E-state index < -0.39 is 11.6 Å². The molecule has 0 saturated heterocycles. The van der Waals surface area contributed by atoms with Gasteiger partial charge < -0.3 is 5.11 Å². The Morgan fingerprint density at radius 2 is 1.15 bits per heavy atom. The number of benzene rings is 4. The summed E-state index contributed by atoms with van der Waals surface area (Å²) < 4.78 is 0. The van der Waals surface area contributed by atoms with E-state index in [0.29, 0.717) is 5.92 Å². The summed E-state index contributed by atoms with van der Waals surface area (Å²) in [6.45, 7) is 4.44. The molecule has 0 spiro atoms. The molecule has 1 aliphatic rings. The molecule has 0 radical (unpaired) electrons. The summed E-state index contributed by atoms with van der Waals surface area (Å²) in [6, 6.07) is 37.9. The summed E-state index contributed by atoms with van der Waals surface area (Å²) >= 11 is 0. The Bertz CT molecular complexity index is 1170.